The van der Waals surface area contributed by atoms with Crippen LogP contribution in [0.25, 0.3) is 0 Å². The van der Waals surface area contributed by atoms with Crippen molar-refractivity contribution in [3.63, 3.8) is 0 Å². The Kier molecular flexibility index (Phi) is 5.81. The van der Waals surface area contributed by atoms with Gasteiger partial charge in [-0.1, -0.05) is 0 Å². The topological polar surface area (TPSA) is 103 Å². The first-order chi connectivity index (χ1) is 13.4. The molecular formula is C19H25N5O4. The summed E-state index contributed by atoms with van der Waals surface area (Å²) < 4.78 is 5.76. The average Bonchev–Trinajstić information content (AvgIpc) is 2.96. The Bertz CT molecular complexity index is 823. The van der Waals surface area contributed by atoms with E-state index in [0.29, 0.717) is 37.7 Å². The van der Waals surface area contributed by atoms with Gasteiger partial charge in [0.15, 0.2) is 0 Å². The van der Waals surface area contributed by atoms with E-state index < -0.39 is 0 Å². The molecule has 0 aliphatic carbocycles. The molecule has 1 fully saturated rings. The van der Waals surface area contributed by atoms with Crippen LogP contribution < -0.4 is 15.4 Å². The first-order valence-corrected chi connectivity index (χ1v) is 9.25. The first-order valence-electron chi connectivity index (χ1n) is 9.25. The van der Waals surface area contributed by atoms with Gasteiger partial charge in [-0.25, -0.2) is 4.99 Å². The molecule has 1 aromatic rings. The number of fused-ring (bicyclic) bond motifs is 2. The largest absolute Gasteiger partial charge is 0.494 e. The summed E-state index contributed by atoms with van der Waals surface area (Å²) in [6, 6.07) is 5.38. The van der Waals surface area contributed by atoms with Gasteiger partial charge in [0, 0.05) is 32.6 Å². The van der Waals surface area contributed by atoms with Crippen molar-refractivity contribution in [1.29, 1.82) is 0 Å². The predicted molar refractivity (Wildman–Crippen MR) is 103 cm³/mol. The van der Waals surface area contributed by atoms with Crippen LogP contribution in [0.2, 0.25) is 0 Å². The summed E-state index contributed by atoms with van der Waals surface area (Å²) in [7, 11) is 3.15. The molecule has 1 unspecified atom stereocenters. The molecule has 0 saturated carbocycles. The Morgan fingerprint density at radius 3 is 2.96 bits per heavy atom. The molecule has 3 amide bonds. The monoisotopic (exact) mass is 387 g/mol. The molecular weight excluding hydrogens is 362 g/mol. The molecule has 0 spiro atoms. The SMILES string of the molecule is CNC(=O)CN(C)C(=O)CCCOc1ccc2c(c1)CN1C(=N2)NC(=O)C1C. The Balaban J connectivity index is 1.49. The average molecular weight is 387 g/mol. The lowest BCUT2D eigenvalue weighted by Gasteiger charge is -2.26. The van der Waals surface area contributed by atoms with Gasteiger partial charge in [0.2, 0.25) is 23.7 Å². The minimum Gasteiger partial charge on any atom is -0.494 e. The smallest absolute Gasteiger partial charge is 0.249 e. The van der Waals surface area contributed by atoms with Crippen molar-refractivity contribution in [1.82, 2.24) is 20.4 Å². The number of hydrogen-bond donors (Lipinski definition) is 2. The molecule has 9 heteroatoms. The Morgan fingerprint density at radius 2 is 2.21 bits per heavy atom. The lowest BCUT2D eigenvalue weighted by atomic mass is 10.1. The summed E-state index contributed by atoms with van der Waals surface area (Å²) in [6.45, 7) is 2.89. The molecule has 2 heterocycles. The number of amides is 3. The Morgan fingerprint density at radius 1 is 1.43 bits per heavy atom. The fraction of sp³-hybridized carbons (Fsp3) is 0.474. The van der Waals surface area contributed by atoms with Crippen LogP contribution in [-0.4, -0.2) is 66.8 Å². The van der Waals surface area contributed by atoms with E-state index in [-0.39, 0.29) is 30.3 Å². The molecule has 2 aliphatic heterocycles. The zero-order chi connectivity index (χ0) is 20.3. The summed E-state index contributed by atoms with van der Waals surface area (Å²) in [5.74, 6) is 0.956. The molecule has 9 nitrogen and oxygen atoms in total. The maximum absolute atomic E-state index is 12.0. The molecule has 0 aromatic heterocycles. The molecule has 150 valence electrons. The van der Waals surface area contributed by atoms with Crippen LogP contribution in [-0.2, 0) is 20.9 Å². The van der Waals surface area contributed by atoms with E-state index in [1.807, 2.05) is 30.0 Å². The number of rotatable bonds is 7. The van der Waals surface area contributed by atoms with Gasteiger partial charge in [-0.2, -0.15) is 0 Å². The zero-order valence-electron chi connectivity index (χ0n) is 16.3. The van der Waals surface area contributed by atoms with Crippen LogP contribution in [0.5, 0.6) is 5.75 Å². The highest BCUT2D eigenvalue weighted by atomic mass is 16.5. The molecule has 28 heavy (non-hydrogen) atoms. The number of benzene rings is 1. The van der Waals surface area contributed by atoms with Crippen molar-refractivity contribution < 1.29 is 19.1 Å². The highest BCUT2D eigenvalue weighted by Crippen LogP contribution is 2.31. The minimum absolute atomic E-state index is 0.0471. The number of carbonyl (C=O) groups is 3. The van der Waals surface area contributed by atoms with Gasteiger partial charge in [-0.05, 0) is 31.5 Å². The van der Waals surface area contributed by atoms with E-state index >= 15 is 0 Å². The summed E-state index contributed by atoms with van der Waals surface area (Å²) in [4.78, 5) is 42.9. The van der Waals surface area contributed by atoms with E-state index in [4.69, 9.17) is 4.74 Å². The summed E-state index contributed by atoms with van der Waals surface area (Å²) >= 11 is 0. The lowest BCUT2D eigenvalue weighted by Crippen LogP contribution is -2.36. The molecule has 2 N–H and O–H groups in total. The van der Waals surface area contributed by atoms with Gasteiger partial charge >= 0.3 is 0 Å². The number of hydrogen-bond acceptors (Lipinski definition) is 6. The first kappa shape index (κ1) is 19.7. The normalized spacial score (nSPS) is 17.2. The van der Waals surface area contributed by atoms with Crippen LogP contribution >= 0.6 is 0 Å². The second-order valence-electron chi connectivity index (χ2n) is 6.89. The maximum Gasteiger partial charge on any atom is 0.249 e. The summed E-state index contributed by atoms with van der Waals surface area (Å²) in [6.07, 6.45) is 0.864. The minimum atomic E-state index is -0.241. The second kappa shape index (κ2) is 8.28. The molecule has 0 bridgehead atoms. The van der Waals surface area contributed by atoms with Gasteiger partial charge < -0.3 is 19.9 Å². The third kappa shape index (κ3) is 4.24. The van der Waals surface area contributed by atoms with E-state index in [1.54, 1.807) is 7.05 Å². The van der Waals surface area contributed by atoms with E-state index in [9.17, 15) is 14.4 Å². The number of ether oxygens (including phenoxy) is 1. The van der Waals surface area contributed by atoms with Crippen molar-refractivity contribution in [2.24, 2.45) is 4.99 Å². The zero-order valence-corrected chi connectivity index (χ0v) is 16.3. The summed E-state index contributed by atoms with van der Waals surface area (Å²) in [5.41, 5.74) is 1.81. The molecule has 1 saturated heterocycles. The van der Waals surface area contributed by atoms with Crippen molar-refractivity contribution in [3.05, 3.63) is 23.8 Å². The van der Waals surface area contributed by atoms with Crippen LogP contribution in [0.15, 0.2) is 23.2 Å². The van der Waals surface area contributed by atoms with E-state index in [1.165, 1.54) is 11.9 Å². The van der Waals surface area contributed by atoms with Gasteiger partial charge in [0.1, 0.15) is 11.8 Å². The maximum atomic E-state index is 12.0. The molecule has 3 rings (SSSR count). The molecule has 1 atom stereocenters. The fourth-order valence-electron chi connectivity index (χ4n) is 3.09. The van der Waals surface area contributed by atoms with Gasteiger partial charge in [0.05, 0.1) is 18.8 Å². The van der Waals surface area contributed by atoms with Crippen molar-refractivity contribution in [2.75, 3.05) is 27.2 Å². The van der Waals surface area contributed by atoms with Gasteiger partial charge in [0.25, 0.3) is 0 Å². The number of likely N-dealkylation sites (N-methyl/N-ethyl adjacent to an activating group) is 2. The Labute approximate surface area is 163 Å². The van der Waals surface area contributed by atoms with Crippen molar-refractivity contribution >= 4 is 29.4 Å². The van der Waals surface area contributed by atoms with E-state index in [0.717, 1.165) is 11.3 Å². The standard InChI is InChI=1S/C19H25N5O4/c1-12-18(27)22-19-21-15-7-6-14(9-13(15)10-24(12)19)28-8-4-5-17(26)23(3)11-16(25)20-2/h6-7,9,12H,4-5,8,10-11H2,1-3H3,(H,20,25)(H,21,22,27). The van der Waals surface area contributed by atoms with Crippen LogP contribution in [0.1, 0.15) is 25.3 Å². The lowest BCUT2D eigenvalue weighted by molar-refractivity contribution is -0.134. The second-order valence-corrected chi connectivity index (χ2v) is 6.89. The number of nitrogens with zero attached hydrogens (tertiary/aromatic N) is 3. The number of nitrogens with one attached hydrogen (secondary N) is 2. The van der Waals surface area contributed by atoms with E-state index in [2.05, 4.69) is 15.6 Å². The highest BCUT2D eigenvalue weighted by Gasteiger charge is 2.35. The van der Waals surface area contributed by atoms with Crippen molar-refractivity contribution in [3.8, 4) is 5.75 Å². The van der Waals surface area contributed by atoms with Gasteiger partial charge in [-0.3, -0.25) is 19.7 Å². The quantitative estimate of drug-likeness (QED) is 0.658. The predicted octanol–water partition coefficient (Wildman–Crippen LogP) is 0.371. The number of carbonyl (C=O) groups excluding carboxylic acids is 3. The van der Waals surface area contributed by atoms with Crippen LogP contribution in [0, 0.1) is 0 Å². The number of guanidine groups is 1. The highest BCUT2D eigenvalue weighted by molar-refractivity contribution is 6.07. The van der Waals surface area contributed by atoms with Crippen molar-refractivity contribution in [2.45, 2.75) is 32.4 Å². The third-order valence-corrected chi connectivity index (χ3v) is 4.86. The fourth-order valence-corrected chi connectivity index (χ4v) is 3.09. The summed E-state index contributed by atoms with van der Waals surface area (Å²) in [5, 5.41) is 5.27. The molecule has 2 aliphatic rings. The number of aliphatic imine (C=N–C) groups is 1. The molecule has 1 aromatic carbocycles. The molecule has 0 radical (unpaired) electrons. The van der Waals surface area contributed by atoms with Crippen LogP contribution in [0.4, 0.5) is 5.69 Å². The third-order valence-electron chi connectivity index (χ3n) is 4.86. The van der Waals surface area contributed by atoms with Gasteiger partial charge in [-0.15, -0.1) is 0 Å². The van der Waals surface area contributed by atoms with Crippen LogP contribution in [0.3, 0.4) is 0 Å². The Hall–Kier alpha value is -3.10.